The van der Waals surface area contributed by atoms with Crippen molar-refractivity contribution < 1.29 is 5.11 Å². The van der Waals surface area contributed by atoms with Gasteiger partial charge in [0.05, 0.1) is 6.61 Å². The van der Waals surface area contributed by atoms with E-state index in [2.05, 4.69) is 12.2 Å². The Morgan fingerprint density at radius 1 is 0.933 bits per heavy atom. The van der Waals surface area contributed by atoms with Gasteiger partial charge >= 0.3 is 0 Å². The van der Waals surface area contributed by atoms with Crippen LogP contribution in [0.2, 0.25) is 0 Å². The number of hydrogen-bond acceptors (Lipinski definition) is 2. The summed E-state index contributed by atoms with van der Waals surface area (Å²) < 4.78 is 0. The van der Waals surface area contributed by atoms with Crippen molar-refractivity contribution in [2.75, 3.05) is 13.2 Å². The first-order valence-electron chi connectivity index (χ1n) is 6.48. The van der Waals surface area contributed by atoms with E-state index in [0.29, 0.717) is 0 Å². The van der Waals surface area contributed by atoms with Crippen molar-refractivity contribution in [3.63, 3.8) is 0 Å². The summed E-state index contributed by atoms with van der Waals surface area (Å²) in [7, 11) is 0. The zero-order valence-corrected chi connectivity index (χ0v) is 10.8. The zero-order valence-electron chi connectivity index (χ0n) is 10.8. The lowest BCUT2D eigenvalue weighted by Crippen LogP contribution is -2.43. The molecular formula is C13H29NO. The summed E-state index contributed by atoms with van der Waals surface area (Å²) in [6, 6.07) is 0. The molecule has 15 heavy (non-hydrogen) atoms. The minimum absolute atomic E-state index is 0.109. The highest BCUT2D eigenvalue weighted by Crippen LogP contribution is 2.07. The summed E-state index contributed by atoms with van der Waals surface area (Å²) in [6.45, 7) is 7.56. The lowest BCUT2D eigenvalue weighted by molar-refractivity contribution is 0.188. The smallest absolute Gasteiger partial charge is 0.0607 e. The highest BCUT2D eigenvalue weighted by atomic mass is 16.3. The van der Waals surface area contributed by atoms with E-state index in [1.807, 2.05) is 13.8 Å². The molecule has 0 aliphatic rings. The first kappa shape index (κ1) is 14.9. The van der Waals surface area contributed by atoms with E-state index in [-0.39, 0.29) is 12.1 Å². The lowest BCUT2D eigenvalue weighted by Gasteiger charge is -2.23. The van der Waals surface area contributed by atoms with Gasteiger partial charge in [-0.05, 0) is 26.8 Å². The maximum Gasteiger partial charge on any atom is 0.0607 e. The molecule has 0 saturated heterocycles. The Morgan fingerprint density at radius 2 is 1.47 bits per heavy atom. The predicted molar refractivity (Wildman–Crippen MR) is 67.2 cm³/mol. The highest BCUT2D eigenvalue weighted by molar-refractivity contribution is 4.75. The van der Waals surface area contributed by atoms with Gasteiger partial charge in [0, 0.05) is 5.54 Å². The maximum absolute atomic E-state index is 9.03. The van der Waals surface area contributed by atoms with E-state index >= 15 is 0 Å². The molecule has 0 aromatic rings. The molecule has 0 saturated carbocycles. The Hall–Kier alpha value is -0.0800. The van der Waals surface area contributed by atoms with Crippen LogP contribution < -0.4 is 5.32 Å². The van der Waals surface area contributed by atoms with E-state index in [1.165, 1.54) is 44.9 Å². The largest absolute Gasteiger partial charge is 0.394 e. The fraction of sp³-hybridized carbons (Fsp3) is 1.00. The Labute approximate surface area is 95.5 Å². The van der Waals surface area contributed by atoms with Crippen LogP contribution in [0.5, 0.6) is 0 Å². The fourth-order valence-electron chi connectivity index (χ4n) is 1.56. The standard InChI is InChI=1S/C13H29NO/c1-4-5-6-7-8-9-10-11-14-13(2,3)12-15/h14-15H,4-12H2,1-3H3. The van der Waals surface area contributed by atoms with Gasteiger partial charge in [-0.15, -0.1) is 0 Å². The number of nitrogens with one attached hydrogen (secondary N) is 1. The first-order valence-corrected chi connectivity index (χ1v) is 6.48. The van der Waals surface area contributed by atoms with Crippen molar-refractivity contribution in [1.82, 2.24) is 5.32 Å². The molecule has 0 amide bonds. The third-order valence-corrected chi connectivity index (χ3v) is 2.78. The fourth-order valence-corrected chi connectivity index (χ4v) is 1.56. The number of unbranched alkanes of at least 4 members (excludes halogenated alkanes) is 6. The summed E-state index contributed by atoms with van der Waals surface area (Å²) in [5.74, 6) is 0. The van der Waals surface area contributed by atoms with Crippen LogP contribution in [0.4, 0.5) is 0 Å². The number of aliphatic hydroxyl groups excluding tert-OH is 1. The van der Waals surface area contributed by atoms with Gasteiger partial charge in [0.2, 0.25) is 0 Å². The van der Waals surface area contributed by atoms with Gasteiger partial charge in [-0.25, -0.2) is 0 Å². The van der Waals surface area contributed by atoms with Crippen LogP contribution >= 0.6 is 0 Å². The van der Waals surface area contributed by atoms with Gasteiger partial charge in [0.1, 0.15) is 0 Å². The normalized spacial score (nSPS) is 12.0. The van der Waals surface area contributed by atoms with E-state index < -0.39 is 0 Å². The molecular weight excluding hydrogens is 186 g/mol. The van der Waals surface area contributed by atoms with Crippen LogP contribution in [0.25, 0.3) is 0 Å². The molecule has 0 aliphatic heterocycles. The molecule has 0 atom stereocenters. The maximum atomic E-state index is 9.03. The van der Waals surface area contributed by atoms with Gasteiger partial charge in [0.15, 0.2) is 0 Å². The summed E-state index contributed by atoms with van der Waals surface area (Å²) in [6.07, 6.45) is 9.40. The molecule has 0 unspecified atom stereocenters. The molecule has 2 nitrogen and oxygen atoms in total. The molecule has 0 aromatic heterocycles. The van der Waals surface area contributed by atoms with Crippen LogP contribution in [0.1, 0.15) is 65.7 Å². The summed E-state index contributed by atoms with van der Waals surface area (Å²) in [4.78, 5) is 0. The molecule has 0 radical (unpaired) electrons. The molecule has 0 aliphatic carbocycles. The molecule has 0 spiro atoms. The number of hydrogen-bond donors (Lipinski definition) is 2. The molecule has 0 rings (SSSR count). The topological polar surface area (TPSA) is 32.3 Å². The molecule has 2 N–H and O–H groups in total. The predicted octanol–water partition coefficient (Wildman–Crippen LogP) is 3.10. The van der Waals surface area contributed by atoms with E-state index in [0.717, 1.165) is 6.54 Å². The van der Waals surface area contributed by atoms with Crippen LogP contribution in [0.3, 0.4) is 0 Å². The Balaban J connectivity index is 3.11. The quantitative estimate of drug-likeness (QED) is 0.549. The molecule has 92 valence electrons. The van der Waals surface area contributed by atoms with Crippen molar-refractivity contribution in [2.24, 2.45) is 0 Å². The van der Waals surface area contributed by atoms with Gasteiger partial charge < -0.3 is 10.4 Å². The molecule has 0 fully saturated rings. The third-order valence-electron chi connectivity index (χ3n) is 2.78. The number of rotatable bonds is 10. The third kappa shape index (κ3) is 10.2. The number of aliphatic hydroxyl groups is 1. The molecule has 2 heteroatoms. The second-order valence-electron chi connectivity index (χ2n) is 5.09. The minimum atomic E-state index is -0.109. The zero-order chi connectivity index (χ0) is 11.6. The second kappa shape index (κ2) is 9.17. The average Bonchev–Trinajstić information content (AvgIpc) is 2.22. The SMILES string of the molecule is CCCCCCCCCNC(C)(C)CO. The van der Waals surface area contributed by atoms with Gasteiger partial charge in [-0.1, -0.05) is 45.4 Å². The van der Waals surface area contributed by atoms with E-state index in [4.69, 9.17) is 5.11 Å². The average molecular weight is 215 g/mol. The van der Waals surface area contributed by atoms with Crippen molar-refractivity contribution >= 4 is 0 Å². The van der Waals surface area contributed by atoms with Crippen molar-refractivity contribution in [3.05, 3.63) is 0 Å². The molecule has 0 bridgehead atoms. The Morgan fingerprint density at radius 3 is 2.00 bits per heavy atom. The van der Waals surface area contributed by atoms with Crippen molar-refractivity contribution in [2.45, 2.75) is 71.3 Å². The van der Waals surface area contributed by atoms with E-state index in [1.54, 1.807) is 0 Å². The van der Waals surface area contributed by atoms with Gasteiger partial charge in [-0.3, -0.25) is 0 Å². The minimum Gasteiger partial charge on any atom is -0.394 e. The van der Waals surface area contributed by atoms with Crippen LogP contribution in [-0.2, 0) is 0 Å². The second-order valence-corrected chi connectivity index (χ2v) is 5.09. The molecule has 0 heterocycles. The van der Waals surface area contributed by atoms with Crippen LogP contribution in [0.15, 0.2) is 0 Å². The first-order chi connectivity index (χ1) is 7.12. The van der Waals surface area contributed by atoms with E-state index in [9.17, 15) is 0 Å². The lowest BCUT2D eigenvalue weighted by atomic mass is 10.1. The monoisotopic (exact) mass is 215 g/mol. The van der Waals surface area contributed by atoms with Crippen LogP contribution in [0, 0.1) is 0 Å². The highest BCUT2D eigenvalue weighted by Gasteiger charge is 2.13. The van der Waals surface area contributed by atoms with Crippen LogP contribution in [-0.4, -0.2) is 23.8 Å². The van der Waals surface area contributed by atoms with Gasteiger partial charge in [-0.2, -0.15) is 0 Å². The summed E-state index contributed by atoms with van der Waals surface area (Å²) >= 11 is 0. The van der Waals surface area contributed by atoms with Gasteiger partial charge in [0.25, 0.3) is 0 Å². The van der Waals surface area contributed by atoms with Crippen molar-refractivity contribution in [3.8, 4) is 0 Å². The van der Waals surface area contributed by atoms with Crippen molar-refractivity contribution in [1.29, 1.82) is 0 Å². The molecule has 0 aromatic carbocycles. The Bertz CT molecular complexity index is 134. The Kier molecular flexibility index (Phi) is 9.12. The summed E-state index contributed by atoms with van der Waals surface area (Å²) in [5.41, 5.74) is -0.109. The summed E-state index contributed by atoms with van der Waals surface area (Å²) in [5, 5.41) is 12.4.